The first-order chi connectivity index (χ1) is 7.24. The van der Waals surface area contributed by atoms with Crippen LogP contribution in [-0.4, -0.2) is 55.5 Å². The first-order valence-corrected chi connectivity index (χ1v) is 5.45. The van der Waals surface area contributed by atoms with Gasteiger partial charge in [0.05, 0.1) is 12.7 Å². The molecule has 0 saturated carbocycles. The zero-order valence-electron chi connectivity index (χ0n) is 9.24. The lowest BCUT2D eigenvalue weighted by Gasteiger charge is -2.17. The molecule has 1 aliphatic heterocycles. The summed E-state index contributed by atoms with van der Waals surface area (Å²) in [4.78, 5) is 12.8. The van der Waals surface area contributed by atoms with Gasteiger partial charge in [0.25, 0.3) is 0 Å². The molecule has 15 heavy (non-hydrogen) atoms. The maximum atomic E-state index is 11.4. The second-order valence-electron chi connectivity index (χ2n) is 3.80. The van der Waals surface area contributed by atoms with E-state index in [1.165, 1.54) is 4.90 Å². The second-order valence-corrected chi connectivity index (χ2v) is 3.80. The van der Waals surface area contributed by atoms with Gasteiger partial charge in [-0.15, -0.1) is 0 Å². The molecule has 0 aromatic heterocycles. The Bertz CT molecular complexity index is 193. The van der Waals surface area contributed by atoms with Crippen LogP contribution < -0.4 is 5.32 Å². The Morgan fingerprint density at radius 1 is 1.67 bits per heavy atom. The van der Waals surface area contributed by atoms with E-state index in [1.807, 2.05) is 0 Å². The first-order valence-electron chi connectivity index (χ1n) is 5.45. The standard InChI is InChI=1S/C10H20N2O3/c1-12(6-7-13)10(14)11-5-4-9-3-2-8-15-9/h9,13H,2-8H2,1H3,(H,11,14). The van der Waals surface area contributed by atoms with Gasteiger partial charge in [0.2, 0.25) is 0 Å². The van der Waals surface area contributed by atoms with Crippen molar-refractivity contribution in [1.29, 1.82) is 0 Å². The van der Waals surface area contributed by atoms with Crippen molar-refractivity contribution in [1.82, 2.24) is 10.2 Å². The number of aliphatic hydroxyl groups excluding tert-OH is 1. The van der Waals surface area contributed by atoms with Crippen LogP contribution >= 0.6 is 0 Å². The minimum atomic E-state index is -0.137. The summed E-state index contributed by atoms with van der Waals surface area (Å²) >= 11 is 0. The molecule has 1 rings (SSSR count). The molecule has 0 aromatic rings. The van der Waals surface area contributed by atoms with Crippen molar-refractivity contribution < 1.29 is 14.6 Å². The van der Waals surface area contributed by atoms with E-state index in [2.05, 4.69) is 5.32 Å². The number of hydrogen-bond donors (Lipinski definition) is 2. The second kappa shape index (κ2) is 6.63. The fraction of sp³-hybridized carbons (Fsp3) is 0.900. The Labute approximate surface area is 90.4 Å². The van der Waals surface area contributed by atoms with E-state index >= 15 is 0 Å². The normalized spacial score (nSPS) is 20.3. The molecule has 1 unspecified atom stereocenters. The van der Waals surface area contributed by atoms with E-state index in [4.69, 9.17) is 9.84 Å². The number of nitrogens with zero attached hydrogens (tertiary/aromatic N) is 1. The maximum Gasteiger partial charge on any atom is 0.317 e. The van der Waals surface area contributed by atoms with Crippen molar-refractivity contribution in [3.05, 3.63) is 0 Å². The average molecular weight is 216 g/mol. The predicted octanol–water partition coefficient (Wildman–Crippen LogP) is 0.189. The molecule has 0 radical (unpaired) electrons. The van der Waals surface area contributed by atoms with Gasteiger partial charge in [-0.2, -0.15) is 0 Å². The van der Waals surface area contributed by atoms with E-state index in [0.717, 1.165) is 25.9 Å². The minimum Gasteiger partial charge on any atom is -0.395 e. The number of aliphatic hydroxyl groups is 1. The molecule has 0 bridgehead atoms. The summed E-state index contributed by atoms with van der Waals surface area (Å²) in [5.74, 6) is 0. The zero-order valence-corrected chi connectivity index (χ0v) is 9.24. The number of amides is 2. The van der Waals surface area contributed by atoms with Crippen LogP contribution in [0.1, 0.15) is 19.3 Å². The van der Waals surface area contributed by atoms with Gasteiger partial charge in [0.1, 0.15) is 0 Å². The summed E-state index contributed by atoms with van der Waals surface area (Å²) in [6.45, 7) is 1.85. The van der Waals surface area contributed by atoms with Crippen molar-refractivity contribution in [2.24, 2.45) is 0 Å². The van der Waals surface area contributed by atoms with Crippen LogP contribution in [0.4, 0.5) is 4.79 Å². The molecule has 5 nitrogen and oxygen atoms in total. The highest BCUT2D eigenvalue weighted by Crippen LogP contribution is 2.14. The van der Waals surface area contributed by atoms with Crippen LogP contribution in [0.3, 0.4) is 0 Å². The Kier molecular flexibility index (Phi) is 5.42. The largest absolute Gasteiger partial charge is 0.395 e. The molecule has 1 atom stereocenters. The highest BCUT2D eigenvalue weighted by Gasteiger charge is 2.15. The van der Waals surface area contributed by atoms with E-state index in [0.29, 0.717) is 19.2 Å². The van der Waals surface area contributed by atoms with Gasteiger partial charge in [0.15, 0.2) is 0 Å². The van der Waals surface area contributed by atoms with E-state index in [1.54, 1.807) is 7.05 Å². The summed E-state index contributed by atoms with van der Waals surface area (Å²) in [5.41, 5.74) is 0. The first kappa shape index (κ1) is 12.3. The average Bonchev–Trinajstić information content (AvgIpc) is 2.71. The molecule has 1 saturated heterocycles. The number of nitrogens with one attached hydrogen (secondary N) is 1. The van der Waals surface area contributed by atoms with Crippen LogP contribution in [0.5, 0.6) is 0 Å². The summed E-state index contributed by atoms with van der Waals surface area (Å²) in [5, 5.41) is 11.4. The van der Waals surface area contributed by atoms with Crippen molar-refractivity contribution >= 4 is 6.03 Å². The molecular weight excluding hydrogens is 196 g/mol. The molecule has 0 spiro atoms. The van der Waals surface area contributed by atoms with Gasteiger partial charge >= 0.3 is 6.03 Å². The van der Waals surface area contributed by atoms with Crippen molar-refractivity contribution in [2.45, 2.75) is 25.4 Å². The fourth-order valence-electron chi connectivity index (χ4n) is 1.60. The van der Waals surface area contributed by atoms with Gasteiger partial charge in [-0.1, -0.05) is 0 Å². The Balaban J connectivity index is 2.05. The van der Waals surface area contributed by atoms with Crippen LogP contribution in [0, 0.1) is 0 Å². The Morgan fingerprint density at radius 2 is 2.47 bits per heavy atom. The summed E-state index contributed by atoms with van der Waals surface area (Å²) in [6.07, 6.45) is 3.41. The lowest BCUT2D eigenvalue weighted by Crippen LogP contribution is -2.39. The van der Waals surface area contributed by atoms with Gasteiger partial charge in [-0.3, -0.25) is 0 Å². The number of hydrogen-bond acceptors (Lipinski definition) is 3. The third kappa shape index (κ3) is 4.48. The van der Waals surface area contributed by atoms with Gasteiger partial charge in [-0.25, -0.2) is 4.79 Å². The molecule has 0 aliphatic carbocycles. The van der Waals surface area contributed by atoms with Crippen LogP contribution in [-0.2, 0) is 4.74 Å². The van der Waals surface area contributed by atoms with Crippen molar-refractivity contribution in [3.63, 3.8) is 0 Å². The highest BCUT2D eigenvalue weighted by molar-refractivity contribution is 5.73. The third-order valence-corrected chi connectivity index (χ3v) is 2.55. The SMILES string of the molecule is CN(CCO)C(=O)NCCC1CCCO1. The lowest BCUT2D eigenvalue weighted by atomic mass is 10.2. The number of likely N-dealkylation sites (N-methyl/N-ethyl adjacent to an activating group) is 1. The van der Waals surface area contributed by atoms with Crippen LogP contribution in [0.25, 0.3) is 0 Å². The van der Waals surface area contributed by atoms with Gasteiger partial charge in [-0.05, 0) is 19.3 Å². The van der Waals surface area contributed by atoms with Crippen molar-refractivity contribution in [3.8, 4) is 0 Å². The summed E-state index contributed by atoms with van der Waals surface area (Å²) < 4.78 is 5.44. The molecule has 5 heteroatoms. The third-order valence-electron chi connectivity index (χ3n) is 2.55. The molecular formula is C10H20N2O3. The summed E-state index contributed by atoms with van der Waals surface area (Å²) in [7, 11) is 1.66. The molecule has 1 fully saturated rings. The molecule has 1 heterocycles. The number of rotatable bonds is 5. The summed E-state index contributed by atoms with van der Waals surface area (Å²) in [6, 6.07) is -0.137. The van der Waals surface area contributed by atoms with E-state index in [-0.39, 0.29) is 12.6 Å². The number of urea groups is 1. The van der Waals surface area contributed by atoms with Crippen molar-refractivity contribution in [2.75, 3.05) is 33.4 Å². The number of carbonyl (C=O) groups is 1. The van der Waals surface area contributed by atoms with Gasteiger partial charge < -0.3 is 20.1 Å². The zero-order chi connectivity index (χ0) is 11.1. The van der Waals surface area contributed by atoms with E-state index in [9.17, 15) is 4.79 Å². The maximum absolute atomic E-state index is 11.4. The fourth-order valence-corrected chi connectivity index (χ4v) is 1.60. The quantitative estimate of drug-likeness (QED) is 0.689. The highest BCUT2D eigenvalue weighted by atomic mass is 16.5. The van der Waals surface area contributed by atoms with Crippen LogP contribution in [0.2, 0.25) is 0 Å². The van der Waals surface area contributed by atoms with E-state index < -0.39 is 0 Å². The lowest BCUT2D eigenvalue weighted by molar-refractivity contribution is 0.104. The molecule has 1 aliphatic rings. The number of ether oxygens (including phenoxy) is 1. The topological polar surface area (TPSA) is 61.8 Å². The molecule has 2 N–H and O–H groups in total. The molecule has 2 amide bonds. The molecule has 0 aromatic carbocycles. The van der Waals surface area contributed by atoms with Crippen LogP contribution in [0.15, 0.2) is 0 Å². The Morgan fingerprint density at radius 3 is 3.07 bits per heavy atom. The minimum absolute atomic E-state index is 0.00431. The van der Waals surface area contributed by atoms with Gasteiger partial charge in [0, 0.05) is 26.7 Å². The predicted molar refractivity (Wildman–Crippen MR) is 56.7 cm³/mol. The number of carbonyl (C=O) groups excluding carboxylic acids is 1. The monoisotopic (exact) mass is 216 g/mol. The Hall–Kier alpha value is -0.810. The smallest absolute Gasteiger partial charge is 0.317 e. The molecule has 88 valence electrons.